The maximum atomic E-state index is 12.7. The third kappa shape index (κ3) is 3.28. The molecule has 2 rings (SSSR count). The van der Waals surface area contributed by atoms with Crippen LogP contribution >= 0.6 is 23.2 Å². The Labute approximate surface area is 127 Å². The zero-order chi connectivity index (χ0) is 15.8. The van der Waals surface area contributed by atoms with E-state index >= 15 is 0 Å². The summed E-state index contributed by atoms with van der Waals surface area (Å²) >= 11 is 11.7. The van der Waals surface area contributed by atoms with E-state index in [0.29, 0.717) is 16.7 Å². The average molecular weight is 336 g/mol. The lowest BCUT2D eigenvalue weighted by molar-refractivity contribution is -0.388. The van der Waals surface area contributed by atoms with E-state index in [2.05, 4.69) is 0 Å². The Morgan fingerprint density at radius 1 is 1.05 bits per heavy atom. The van der Waals surface area contributed by atoms with Gasteiger partial charge in [0.15, 0.2) is 0 Å². The van der Waals surface area contributed by atoms with Crippen molar-refractivity contribution in [1.29, 1.82) is 0 Å². The van der Waals surface area contributed by atoms with Gasteiger partial charge in [-0.25, -0.2) is 0 Å². The van der Waals surface area contributed by atoms with Gasteiger partial charge in [-0.2, -0.15) is 13.2 Å². The fraction of sp³-hybridized carbons (Fsp3) is 0.0769. The van der Waals surface area contributed by atoms with E-state index < -0.39 is 22.4 Å². The number of nitro benzene ring substituents is 1. The Bertz CT molecular complexity index is 717. The van der Waals surface area contributed by atoms with Crippen molar-refractivity contribution in [3.05, 3.63) is 62.1 Å². The second kappa shape index (κ2) is 5.54. The molecule has 2 aromatic rings. The Balaban J connectivity index is 2.65. The second-order valence-corrected chi connectivity index (χ2v) is 4.95. The average Bonchev–Trinajstić information content (AvgIpc) is 2.39. The molecule has 0 heterocycles. The van der Waals surface area contributed by atoms with Crippen LogP contribution in [0.4, 0.5) is 18.9 Å². The maximum absolute atomic E-state index is 12.7. The van der Waals surface area contributed by atoms with Crippen molar-refractivity contribution >= 4 is 28.9 Å². The van der Waals surface area contributed by atoms with Crippen molar-refractivity contribution in [2.45, 2.75) is 6.18 Å². The smallest absolute Gasteiger partial charge is 0.258 e. The highest BCUT2D eigenvalue weighted by atomic mass is 35.5. The number of hydrogen-bond donors (Lipinski definition) is 0. The minimum absolute atomic E-state index is 0.183. The highest BCUT2D eigenvalue weighted by Crippen LogP contribution is 2.39. The van der Waals surface area contributed by atoms with Crippen molar-refractivity contribution in [3.63, 3.8) is 0 Å². The van der Waals surface area contributed by atoms with Gasteiger partial charge in [0, 0.05) is 21.7 Å². The van der Waals surface area contributed by atoms with Crippen LogP contribution in [0.15, 0.2) is 36.4 Å². The maximum Gasteiger partial charge on any atom is 0.422 e. The number of nitro groups is 1. The number of rotatable bonds is 2. The second-order valence-electron chi connectivity index (χ2n) is 4.11. The number of hydrogen-bond acceptors (Lipinski definition) is 2. The summed E-state index contributed by atoms with van der Waals surface area (Å²) in [6.45, 7) is 0. The first-order valence-corrected chi connectivity index (χ1v) is 6.27. The lowest BCUT2D eigenvalue weighted by Gasteiger charge is -2.10. The first-order valence-electron chi connectivity index (χ1n) is 5.51. The molecule has 0 aliphatic rings. The fourth-order valence-electron chi connectivity index (χ4n) is 1.81. The van der Waals surface area contributed by atoms with Gasteiger partial charge in [-0.15, -0.1) is 0 Å². The molecule has 8 heteroatoms. The SMILES string of the molecule is O=[N+]([O-])c1cc(-c2cc(Cl)ccc2Cl)ccc1C(F)(F)F. The number of benzene rings is 2. The van der Waals surface area contributed by atoms with Crippen molar-refractivity contribution in [2.75, 3.05) is 0 Å². The lowest BCUT2D eigenvalue weighted by atomic mass is 10.0. The van der Waals surface area contributed by atoms with Crippen LogP contribution in [0, 0.1) is 10.1 Å². The fourth-order valence-corrected chi connectivity index (χ4v) is 2.21. The van der Waals surface area contributed by atoms with E-state index in [4.69, 9.17) is 23.2 Å². The molecule has 0 aliphatic heterocycles. The molecule has 0 spiro atoms. The molecule has 0 unspecified atom stereocenters. The van der Waals surface area contributed by atoms with Crippen LogP contribution in [-0.4, -0.2) is 4.92 Å². The highest BCUT2D eigenvalue weighted by molar-refractivity contribution is 6.35. The summed E-state index contributed by atoms with van der Waals surface area (Å²) in [6.07, 6.45) is -4.81. The Morgan fingerprint density at radius 2 is 1.71 bits per heavy atom. The monoisotopic (exact) mass is 335 g/mol. The molecule has 110 valence electrons. The summed E-state index contributed by atoms with van der Waals surface area (Å²) in [5.41, 5.74) is -1.84. The topological polar surface area (TPSA) is 43.1 Å². The molecule has 3 nitrogen and oxygen atoms in total. The van der Waals surface area contributed by atoms with Gasteiger partial charge >= 0.3 is 6.18 Å². The van der Waals surface area contributed by atoms with Crippen LogP contribution in [0.2, 0.25) is 10.0 Å². The normalized spacial score (nSPS) is 11.5. The minimum Gasteiger partial charge on any atom is -0.258 e. The zero-order valence-electron chi connectivity index (χ0n) is 10.1. The summed E-state index contributed by atoms with van der Waals surface area (Å²) in [4.78, 5) is 9.77. The standard InChI is InChI=1S/C13H6Cl2F3NO2/c14-8-2-4-11(15)9(6-8)7-1-3-10(13(16,17)18)12(5-7)19(20)21/h1-6H. The number of nitrogens with zero attached hydrogens (tertiary/aromatic N) is 1. The van der Waals surface area contributed by atoms with Crippen LogP contribution in [0.1, 0.15) is 5.56 Å². The molecule has 0 saturated heterocycles. The third-order valence-corrected chi connectivity index (χ3v) is 3.30. The molecule has 0 amide bonds. The van der Waals surface area contributed by atoms with Gasteiger partial charge in [0.25, 0.3) is 5.69 Å². The number of halogens is 5. The van der Waals surface area contributed by atoms with Crippen molar-refractivity contribution in [3.8, 4) is 11.1 Å². The van der Waals surface area contributed by atoms with Crippen LogP contribution in [0.5, 0.6) is 0 Å². The lowest BCUT2D eigenvalue weighted by Crippen LogP contribution is -2.08. The van der Waals surface area contributed by atoms with Crippen molar-refractivity contribution in [2.24, 2.45) is 0 Å². The van der Waals surface area contributed by atoms with E-state index in [9.17, 15) is 23.3 Å². The predicted octanol–water partition coefficient (Wildman–Crippen LogP) is 5.59. The molecule has 0 saturated carbocycles. The van der Waals surface area contributed by atoms with Gasteiger partial charge in [0.2, 0.25) is 0 Å². The number of alkyl halides is 3. The first kappa shape index (κ1) is 15.6. The summed E-state index contributed by atoms with van der Waals surface area (Å²) in [5.74, 6) is 0. The molecule has 0 N–H and O–H groups in total. The molecular weight excluding hydrogens is 330 g/mol. The molecular formula is C13H6Cl2F3NO2. The van der Waals surface area contributed by atoms with E-state index in [1.165, 1.54) is 18.2 Å². The van der Waals surface area contributed by atoms with E-state index in [-0.39, 0.29) is 10.6 Å². The molecule has 0 atom stereocenters. The van der Waals surface area contributed by atoms with Gasteiger partial charge < -0.3 is 0 Å². The Kier molecular flexibility index (Phi) is 4.11. The van der Waals surface area contributed by atoms with Crippen LogP contribution in [0.25, 0.3) is 11.1 Å². The first-order chi connectivity index (χ1) is 9.70. The molecule has 0 aromatic heterocycles. The highest BCUT2D eigenvalue weighted by Gasteiger charge is 2.38. The molecule has 0 fully saturated rings. The Hall–Kier alpha value is -1.79. The largest absolute Gasteiger partial charge is 0.422 e. The van der Waals surface area contributed by atoms with Crippen molar-refractivity contribution < 1.29 is 18.1 Å². The summed E-state index contributed by atoms with van der Waals surface area (Å²) in [7, 11) is 0. The molecule has 0 radical (unpaired) electrons. The quantitative estimate of drug-likeness (QED) is 0.530. The van der Waals surface area contributed by atoms with Gasteiger partial charge in [0.1, 0.15) is 5.56 Å². The van der Waals surface area contributed by atoms with Gasteiger partial charge in [0.05, 0.1) is 4.92 Å². The molecule has 21 heavy (non-hydrogen) atoms. The van der Waals surface area contributed by atoms with Crippen molar-refractivity contribution in [1.82, 2.24) is 0 Å². The summed E-state index contributed by atoms with van der Waals surface area (Å²) in [6, 6.07) is 7.00. The van der Waals surface area contributed by atoms with Crippen LogP contribution < -0.4 is 0 Å². The van der Waals surface area contributed by atoms with Gasteiger partial charge in [-0.1, -0.05) is 29.3 Å². The third-order valence-electron chi connectivity index (χ3n) is 2.74. The predicted molar refractivity (Wildman–Crippen MR) is 73.6 cm³/mol. The van der Waals surface area contributed by atoms with E-state index in [1.54, 1.807) is 0 Å². The molecule has 0 bridgehead atoms. The molecule has 2 aromatic carbocycles. The van der Waals surface area contributed by atoms with Gasteiger partial charge in [-0.3, -0.25) is 10.1 Å². The molecule has 0 aliphatic carbocycles. The van der Waals surface area contributed by atoms with Crippen LogP contribution in [-0.2, 0) is 6.18 Å². The van der Waals surface area contributed by atoms with E-state index in [1.807, 2.05) is 0 Å². The minimum atomic E-state index is -4.81. The van der Waals surface area contributed by atoms with Gasteiger partial charge in [-0.05, 0) is 29.8 Å². The van der Waals surface area contributed by atoms with Crippen LogP contribution in [0.3, 0.4) is 0 Å². The Morgan fingerprint density at radius 3 is 2.29 bits per heavy atom. The summed E-state index contributed by atoms with van der Waals surface area (Å²) in [5, 5.41) is 11.4. The summed E-state index contributed by atoms with van der Waals surface area (Å²) < 4.78 is 38.2. The zero-order valence-corrected chi connectivity index (χ0v) is 11.6. The van der Waals surface area contributed by atoms with E-state index in [0.717, 1.165) is 12.1 Å².